The molecule has 6 N–H and O–H groups in total. The number of benzene rings is 2. The molecular weight excluding hydrogens is 2010 g/mol. The molecule has 0 radical (unpaired) electrons. The van der Waals surface area contributed by atoms with E-state index in [1.807, 2.05) is 68.4 Å². The van der Waals surface area contributed by atoms with Crippen LogP contribution >= 0.6 is 0 Å². The molecule has 9 fully saturated rings. The Morgan fingerprint density at radius 2 is 0.723 bits per heavy atom. The number of ether oxygens (including phenoxy) is 4. The average Bonchev–Trinajstić information content (AvgIpc) is 1.57. The summed E-state index contributed by atoms with van der Waals surface area (Å²) in [4.78, 5) is 182. The van der Waals surface area contributed by atoms with Gasteiger partial charge in [0.05, 0.1) is 107 Å². The Hall–Kier alpha value is -9.49. The van der Waals surface area contributed by atoms with Crippen LogP contribution in [0.2, 0.25) is 0 Å². The number of nitrogens with one attached hydrogen (secondary N) is 3. The molecule has 14 rings (SSSR count). The van der Waals surface area contributed by atoms with Crippen LogP contribution in [0, 0.1) is 81.3 Å². The van der Waals surface area contributed by atoms with E-state index < -0.39 is 295 Å². The van der Waals surface area contributed by atoms with Gasteiger partial charge < -0.3 is 44.5 Å². The van der Waals surface area contributed by atoms with Gasteiger partial charge in [-0.05, 0) is 235 Å². The zero-order valence-electron chi connectivity index (χ0n) is 84.5. The highest BCUT2D eigenvalue weighted by Gasteiger charge is 2.68. The van der Waals surface area contributed by atoms with E-state index in [0.717, 1.165) is 49.2 Å². The fourth-order valence-electron chi connectivity index (χ4n) is 21.7. The fraction of sp³-hybridized carbons (Fsp3) is 0.705. The number of halogens is 9. The predicted molar refractivity (Wildman–Crippen MR) is 526 cm³/mol. The maximum Gasteiger partial charge on any atom is 0.417 e. The van der Waals surface area contributed by atoms with Gasteiger partial charge >= 0.3 is 36.2 Å². The highest BCUT2D eigenvalue weighted by molar-refractivity contribution is 7.92. The number of Topliss-reactive ketones (excluding diaryl/α,β-unsaturated/α-hetero) is 3. The van der Waals surface area contributed by atoms with Crippen LogP contribution in [0.1, 0.15) is 297 Å². The number of carbonyl (C=O) groups excluding carboxylic acids is 13. The van der Waals surface area contributed by atoms with Gasteiger partial charge in [0.15, 0.2) is 17.3 Å². The third-order valence-corrected chi connectivity index (χ3v) is 37.8. The van der Waals surface area contributed by atoms with E-state index in [2.05, 4.69) is 11.6 Å². The quantitative estimate of drug-likeness (QED) is 0.0356. The number of aliphatic hydroxyl groups excluding tert-OH is 1. The second kappa shape index (κ2) is 46.2. The van der Waals surface area contributed by atoms with Crippen LogP contribution in [0.4, 0.5) is 39.5 Å². The van der Waals surface area contributed by atoms with Gasteiger partial charge in [-0.1, -0.05) is 117 Å². The van der Waals surface area contributed by atoms with Crippen LogP contribution in [0.5, 0.6) is 0 Å². The van der Waals surface area contributed by atoms with Crippen molar-refractivity contribution in [2.45, 2.75) is 345 Å². The molecule has 6 heterocycles. The standard InChI is InChI=1S/C39H50F4N2O9S.C33H41F4N3O7S.C31H47FN2O8S.2CH4/c1-23-10-6-7-11-25-19-38(25,35(50)44-55(51,52)37(22-40)14-15-37)20-31(46)30-17-26(53-34(49)27-12-8-9-13-29(27)39(41,42)43)21-45(30)33(48)28(24(2)16-23)18-32(47)54-36(3,4)5;1-19-7-3-4-8-21-15-32(21,30(44)39-48(45,46)31(18-34)11-12-31)16-26(41)25-14-22(17-40(25)28(42)27(38)20(2)13-19)47-29(43)23-9-5-6-10-24(23)33(35,36)37;1-19-8-6-7-9-21-15-31(21,28(39)33-43(40,41)30(18-32)10-11-30)16-25(36)24-13-22(35)17-34(24)27(38)23(20(2)12-19)14-26(37)42-29(3,4)5;;/h7-9,11-13,23-26,28,30H,6,10,14-22H2,1-5H3,(H,44,50);4-6,8-10,19-22,25,27H,3,7,11-18,38H2,1-2H3,(H,39,44);7,9,19-24,35H,6,8,10-18H2,1-5H3,(H,33,39);2*1H4/b11-7-;8-4-;9-7-;;/t23?,24-,25-,26-,28+,30+,38-;19?,20-,21-,22-,25+,27+,32-;19?,20-,21-,22-,23+,24+,31-;;/m111../s1. The maximum absolute atomic E-state index is 14.6. The van der Waals surface area contributed by atoms with Crippen LogP contribution in [0.15, 0.2) is 85.0 Å². The van der Waals surface area contributed by atoms with E-state index in [0.29, 0.717) is 44.9 Å². The number of sulfonamides is 3. The van der Waals surface area contributed by atoms with Crippen LogP contribution in [-0.4, -0.2) is 229 Å². The lowest BCUT2D eigenvalue weighted by Crippen LogP contribution is -2.52. The van der Waals surface area contributed by atoms with Gasteiger partial charge in [-0.25, -0.2) is 48.0 Å². The number of nitrogens with zero attached hydrogens (tertiary/aromatic N) is 3. The predicted octanol–water partition coefficient (Wildman–Crippen LogP) is 14.7. The first-order valence-corrected chi connectivity index (χ1v) is 54.8. The number of amides is 6. The molecule has 148 heavy (non-hydrogen) atoms. The monoisotopic (exact) mass is 2160 g/mol. The molecule has 3 unspecified atom stereocenters. The van der Waals surface area contributed by atoms with Crippen molar-refractivity contribution in [3.63, 3.8) is 0 Å². The van der Waals surface area contributed by atoms with Crippen molar-refractivity contribution in [2.75, 3.05) is 39.7 Å². The summed E-state index contributed by atoms with van der Waals surface area (Å²) in [6.45, 7) is 17.7. The van der Waals surface area contributed by atoms with Crippen molar-refractivity contribution in [3.05, 3.63) is 107 Å². The lowest BCUT2D eigenvalue weighted by molar-refractivity contribution is -0.160. The summed E-state index contributed by atoms with van der Waals surface area (Å²) in [5.41, 5.74) is -3.48. The Kier molecular flexibility index (Phi) is 37.6. The minimum atomic E-state index is -4.88. The molecule has 31 nitrogen and oxygen atoms in total. The second-order valence-electron chi connectivity index (χ2n) is 45.4. The third-order valence-electron chi connectivity index (χ3n) is 31.4. The zero-order chi connectivity index (χ0) is 108. The number of nitrogens with two attached hydrogens (primary N) is 1. The summed E-state index contributed by atoms with van der Waals surface area (Å²) in [7, 11) is -13.1. The van der Waals surface area contributed by atoms with Gasteiger partial charge in [0.1, 0.15) is 57.7 Å². The van der Waals surface area contributed by atoms with Crippen LogP contribution in [0.25, 0.3) is 0 Å². The van der Waals surface area contributed by atoms with E-state index in [1.54, 1.807) is 53.7 Å². The van der Waals surface area contributed by atoms with Gasteiger partial charge in [-0.2, -0.15) is 26.3 Å². The van der Waals surface area contributed by atoms with E-state index in [1.165, 1.54) is 26.8 Å². The normalized spacial score (nSPS) is 32.4. The minimum absolute atomic E-state index is 0. The number of hydrogen-bond acceptors (Lipinski definition) is 25. The van der Waals surface area contributed by atoms with E-state index in [9.17, 15) is 132 Å². The van der Waals surface area contributed by atoms with Crippen LogP contribution in [-0.2, 0) is 114 Å². The fourth-order valence-corrected chi connectivity index (χ4v) is 26.0. The van der Waals surface area contributed by atoms with Crippen molar-refractivity contribution < 1.29 is 151 Å². The first kappa shape index (κ1) is 120. The Morgan fingerprint density at radius 3 is 1.02 bits per heavy atom. The molecule has 0 spiro atoms. The molecule has 3 saturated heterocycles. The van der Waals surface area contributed by atoms with Crippen molar-refractivity contribution in [2.24, 2.45) is 87.1 Å². The summed E-state index contributed by atoms with van der Waals surface area (Å²) in [5, 5.41) is 10.6. The smallest absolute Gasteiger partial charge is 0.417 e. The van der Waals surface area contributed by atoms with Crippen molar-refractivity contribution in [3.8, 4) is 0 Å². The lowest BCUT2D eigenvalue weighted by Gasteiger charge is -2.32. The molecule has 6 amide bonds. The summed E-state index contributed by atoms with van der Waals surface area (Å²) in [6.07, 6.45) is 2.36. The van der Waals surface area contributed by atoms with Crippen molar-refractivity contribution >= 4 is 107 Å². The molecule has 12 aliphatic rings. The molecule has 2 aromatic carbocycles. The number of allylic oxidation sites excluding steroid dienone is 6. The molecule has 43 heteroatoms. The first-order chi connectivity index (χ1) is 67.9. The molecule has 0 bridgehead atoms. The Balaban J connectivity index is 0.000000227. The van der Waals surface area contributed by atoms with Gasteiger partial charge in [0.25, 0.3) is 0 Å². The summed E-state index contributed by atoms with van der Waals surface area (Å²) < 4.78 is 224. The van der Waals surface area contributed by atoms with E-state index in [-0.39, 0.29) is 160 Å². The second-order valence-corrected chi connectivity index (χ2v) is 51.6. The zero-order valence-corrected chi connectivity index (χ0v) is 86.9. The molecule has 2 aromatic rings. The Morgan fingerprint density at radius 1 is 0.432 bits per heavy atom. The minimum Gasteiger partial charge on any atom is -0.460 e. The highest BCUT2D eigenvalue weighted by Crippen LogP contribution is 2.61. The number of alkyl halides is 9. The first-order valence-electron chi connectivity index (χ1n) is 50.4. The molecule has 6 aliphatic carbocycles. The number of aliphatic hydroxyl groups is 1. The Labute approximate surface area is 861 Å². The number of fused-ring (bicyclic) bond motifs is 6. The van der Waals surface area contributed by atoms with Gasteiger partial charge in [0.2, 0.25) is 65.5 Å². The average molecular weight is 2160 g/mol. The van der Waals surface area contributed by atoms with Gasteiger partial charge in [-0.3, -0.25) is 66.9 Å². The molecule has 0 aromatic heterocycles. The maximum atomic E-state index is 14.6. The SMILES string of the molecule is C.C.CC1CC/C=C\[C@@H]2C[C@@]2(C(=O)NS(=O)(=O)C2(CF)CC2)CC(=O)[C@@H]2C[C@@H](O)CN2C(=O)[C@@H](CC(=O)OC(C)(C)C)[C@H](C)C1.CC1CC/C=C\[C@@H]2C[C@@]2(C(=O)NS(=O)(=O)C2(CF)CC2)CC(=O)[C@@H]2C[C@@H](OC(=O)c3ccccc3C(F)(F)F)CN2C(=O)[C@@H](CC(=O)OC(C)(C)C)[C@H](C)C1.CC1CC/C=C\[C@@H]2C[C@@]2(C(=O)NS(=O)(=O)C2(CF)CC2)CC(=O)[C@@H]2C[C@@H](OC(=O)c3ccccc3C(F)(F)F)CN2C(=O)[C@@H](N)[C@H](C)C1. The molecule has 826 valence electrons. The number of rotatable bonds is 20. The lowest BCUT2D eigenvalue weighted by atomic mass is 9.82. The van der Waals surface area contributed by atoms with E-state index >= 15 is 0 Å². The summed E-state index contributed by atoms with van der Waals surface area (Å²) in [5.74, 6) is -13.6. The highest BCUT2D eigenvalue weighted by atomic mass is 32.2. The summed E-state index contributed by atoms with van der Waals surface area (Å²) in [6, 6.07) is 3.49. The van der Waals surface area contributed by atoms with E-state index in [4.69, 9.17) is 24.7 Å². The van der Waals surface area contributed by atoms with Gasteiger partial charge in [-0.15, -0.1) is 0 Å². The van der Waals surface area contributed by atoms with Crippen molar-refractivity contribution in [1.82, 2.24) is 28.9 Å². The molecular formula is C105H146F9N7O24S3. The number of carbonyl (C=O) groups is 13. The summed E-state index contributed by atoms with van der Waals surface area (Å²) >= 11 is 0. The largest absolute Gasteiger partial charge is 0.460 e. The number of hydrogen-bond donors (Lipinski definition) is 5. The topological polar surface area (TPSA) is 453 Å². The number of ketones is 3. The van der Waals surface area contributed by atoms with Crippen LogP contribution < -0.4 is 19.9 Å². The molecule has 6 aliphatic heterocycles. The van der Waals surface area contributed by atoms with Crippen LogP contribution in [0.3, 0.4) is 0 Å². The molecule has 6 saturated carbocycles. The Bertz CT molecular complexity index is 5760. The third kappa shape index (κ3) is 27.6. The molecule has 21 atom stereocenters. The van der Waals surface area contributed by atoms with Gasteiger partial charge in [0, 0.05) is 45.1 Å². The van der Waals surface area contributed by atoms with Crippen molar-refractivity contribution in [1.29, 1.82) is 0 Å². The number of esters is 4.